The Morgan fingerprint density at radius 1 is 1.47 bits per heavy atom. The van der Waals surface area contributed by atoms with Crippen LogP contribution in [0.2, 0.25) is 0 Å². The molecule has 0 saturated heterocycles. The van der Waals surface area contributed by atoms with Crippen molar-refractivity contribution in [3.05, 3.63) is 39.9 Å². The summed E-state index contributed by atoms with van der Waals surface area (Å²) >= 11 is 0. The van der Waals surface area contributed by atoms with Crippen molar-refractivity contribution in [1.29, 1.82) is 0 Å². The third-order valence-electron chi connectivity index (χ3n) is 1.97. The average molecular weight is 212 g/mol. The highest BCUT2D eigenvalue weighted by Crippen LogP contribution is 2.23. The van der Waals surface area contributed by atoms with Gasteiger partial charge in [0.1, 0.15) is 11.8 Å². The molecule has 0 saturated carbocycles. The molecule has 15 heavy (non-hydrogen) atoms. The molecule has 6 nitrogen and oxygen atoms in total. The summed E-state index contributed by atoms with van der Waals surface area (Å²) in [6, 6.07) is 5.18. The van der Waals surface area contributed by atoms with Crippen LogP contribution < -0.4 is 5.73 Å². The van der Waals surface area contributed by atoms with Gasteiger partial charge in [-0.15, -0.1) is 0 Å². The Morgan fingerprint density at radius 2 is 1.93 bits per heavy atom. The van der Waals surface area contributed by atoms with Gasteiger partial charge in [0.25, 0.3) is 5.69 Å². The Bertz CT molecular complexity index is 355. The molecule has 1 aromatic rings. The first-order valence-corrected chi connectivity index (χ1v) is 4.26. The highest BCUT2D eigenvalue weighted by molar-refractivity contribution is 5.34. The predicted molar refractivity (Wildman–Crippen MR) is 52.9 cm³/mol. The molecule has 0 spiro atoms. The average Bonchev–Trinajstić information content (AvgIpc) is 2.15. The van der Waals surface area contributed by atoms with Gasteiger partial charge in [0.15, 0.2) is 0 Å². The van der Waals surface area contributed by atoms with Crippen LogP contribution >= 0.6 is 0 Å². The first-order valence-electron chi connectivity index (χ1n) is 4.26. The van der Waals surface area contributed by atoms with E-state index in [0.717, 1.165) is 0 Å². The molecular weight excluding hydrogens is 200 g/mol. The molecule has 0 aliphatic carbocycles. The molecule has 1 rings (SSSR count). The van der Waals surface area contributed by atoms with Gasteiger partial charge in [-0.25, -0.2) is 0 Å². The third kappa shape index (κ3) is 2.72. The molecule has 0 aliphatic heterocycles. The first-order chi connectivity index (χ1) is 6.82. The Balaban J connectivity index is 2.94. The van der Waals surface area contributed by atoms with Gasteiger partial charge in [0, 0.05) is 12.1 Å². The van der Waals surface area contributed by atoms with Crippen LogP contribution in [0.25, 0.3) is 0 Å². The standard InChI is InChI=1S/C9H12N2O4/c1-9(10,13)8(12)6-2-4-7(5-3-6)11(14)15/h2-5,8,12-13H,10H2,1H3. The van der Waals surface area contributed by atoms with Crippen LogP contribution in [0.1, 0.15) is 18.6 Å². The number of nitro benzene ring substituents is 1. The third-order valence-corrected chi connectivity index (χ3v) is 1.97. The van der Waals surface area contributed by atoms with Crippen molar-refractivity contribution in [3.63, 3.8) is 0 Å². The number of nitro groups is 1. The Morgan fingerprint density at radius 3 is 2.27 bits per heavy atom. The predicted octanol–water partition coefficient (Wildman–Crippen LogP) is 0.295. The van der Waals surface area contributed by atoms with Crippen molar-refractivity contribution in [1.82, 2.24) is 0 Å². The molecule has 2 unspecified atom stereocenters. The minimum atomic E-state index is -1.77. The van der Waals surface area contributed by atoms with E-state index in [-0.39, 0.29) is 5.69 Å². The molecule has 2 atom stereocenters. The van der Waals surface area contributed by atoms with Gasteiger partial charge < -0.3 is 15.9 Å². The molecule has 0 heterocycles. The minimum absolute atomic E-state index is 0.0809. The summed E-state index contributed by atoms with van der Waals surface area (Å²) in [5, 5.41) is 29.2. The van der Waals surface area contributed by atoms with E-state index in [1.807, 2.05) is 0 Å². The number of hydrogen-bond acceptors (Lipinski definition) is 5. The first kappa shape index (κ1) is 11.6. The number of aliphatic hydroxyl groups excluding tert-OH is 1. The summed E-state index contributed by atoms with van der Waals surface area (Å²) in [6.07, 6.45) is -1.28. The van der Waals surface area contributed by atoms with E-state index in [2.05, 4.69) is 0 Å². The van der Waals surface area contributed by atoms with Crippen LogP contribution in [0.15, 0.2) is 24.3 Å². The molecule has 0 fully saturated rings. The van der Waals surface area contributed by atoms with E-state index in [0.29, 0.717) is 5.56 Å². The molecule has 4 N–H and O–H groups in total. The van der Waals surface area contributed by atoms with Crippen LogP contribution in [0.5, 0.6) is 0 Å². The van der Waals surface area contributed by atoms with E-state index in [9.17, 15) is 20.3 Å². The maximum Gasteiger partial charge on any atom is 0.269 e. The van der Waals surface area contributed by atoms with Gasteiger partial charge in [0.05, 0.1) is 4.92 Å². The van der Waals surface area contributed by atoms with E-state index >= 15 is 0 Å². The van der Waals surface area contributed by atoms with Gasteiger partial charge in [0.2, 0.25) is 0 Å². The summed E-state index contributed by atoms with van der Waals surface area (Å²) in [5.41, 5.74) is 3.76. The fourth-order valence-corrected chi connectivity index (χ4v) is 1.12. The maximum atomic E-state index is 10.3. The number of nitrogens with two attached hydrogens (primary N) is 1. The number of nitrogens with zero attached hydrogens (tertiary/aromatic N) is 1. The lowest BCUT2D eigenvalue weighted by Crippen LogP contribution is -2.42. The van der Waals surface area contributed by atoms with Crippen molar-refractivity contribution in [2.75, 3.05) is 0 Å². The second-order valence-corrected chi connectivity index (χ2v) is 3.48. The molecule has 82 valence electrons. The lowest BCUT2D eigenvalue weighted by atomic mass is 10.0. The highest BCUT2D eigenvalue weighted by atomic mass is 16.6. The number of rotatable bonds is 3. The zero-order valence-corrected chi connectivity index (χ0v) is 8.12. The summed E-state index contributed by atoms with van der Waals surface area (Å²) in [4.78, 5) is 9.80. The van der Waals surface area contributed by atoms with E-state index in [1.54, 1.807) is 0 Å². The van der Waals surface area contributed by atoms with Crippen LogP contribution in [0.4, 0.5) is 5.69 Å². The van der Waals surface area contributed by atoms with Crippen molar-refractivity contribution in [3.8, 4) is 0 Å². The van der Waals surface area contributed by atoms with E-state index in [1.165, 1.54) is 31.2 Å². The zero-order valence-electron chi connectivity index (χ0n) is 8.12. The maximum absolute atomic E-state index is 10.3. The van der Waals surface area contributed by atoms with Gasteiger partial charge in [-0.1, -0.05) is 0 Å². The second-order valence-electron chi connectivity index (χ2n) is 3.48. The van der Waals surface area contributed by atoms with E-state index < -0.39 is 16.8 Å². The smallest absolute Gasteiger partial charge is 0.269 e. The van der Waals surface area contributed by atoms with Crippen LogP contribution in [-0.4, -0.2) is 20.9 Å². The van der Waals surface area contributed by atoms with Crippen LogP contribution in [-0.2, 0) is 0 Å². The second kappa shape index (κ2) is 3.93. The van der Waals surface area contributed by atoms with Crippen molar-refractivity contribution in [2.24, 2.45) is 5.73 Å². The van der Waals surface area contributed by atoms with Crippen molar-refractivity contribution < 1.29 is 15.1 Å². The van der Waals surface area contributed by atoms with Gasteiger partial charge >= 0.3 is 0 Å². The molecular formula is C9H12N2O4. The zero-order chi connectivity index (χ0) is 11.6. The van der Waals surface area contributed by atoms with Crippen LogP contribution in [0.3, 0.4) is 0 Å². The summed E-state index contributed by atoms with van der Waals surface area (Å²) in [6.45, 7) is 1.25. The molecule has 6 heteroatoms. The van der Waals surface area contributed by atoms with Gasteiger partial charge in [-0.3, -0.25) is 10.1 Å². The van der Waals surface area contributed by atoms with Crippen molar-refractivity contribution in [2.45, 2.75) is 18.8 Å². The molecule has 0 amide bonds. The Labute approximate surface area is 86.1 Å². The van der Waals surface area contributed by atoms with Crippen molar-refractivity contribution >= 4 is 5.69 Å². The Kier molecular flexibility index (Phi) is 3.04. The largest absolute Gasteiger partial charge is 0.384 e. The monoisotopic (exact) mass is 212 g/mol. The minimum Gasteiger partial charge on any atom is -0.384 e. The van der Waals surface area contributed by atoms with E-state index in [4.69, 9.17) is 5.73 Å². The molecule has 0 aliphatic rings. The quantitative estimate of drug-likeness (QED) is 0.379. The summed E-state index contributed by atoms with van der Waals surface area (Å²) in [5.74, 6) is 0. The molecule has 0 aromatic heterocycles. The summed E-state index contributed by atoms with van der Waals surface area (Å²) in [7, 11) is 0. The Hall–Kier alpha value is -1.50. The topological polar surface area (TPSA) is 110 Å². The van der Waals surface area contributed by atoms with Crippen LogP contribution in [0, 0.1) is 10.1 Å². The molecule has 1 aromatic carbocycles. The highest BCUT2D eigenvalue weighted by Gasteiger charge is 2.26. The lowest BCUT2D eigenvalue weighted by Gasteiger charge is -2.24. The molecule has 0 bridgehead atoms. The number of hydrogen-bond donors (Lipinski definition) is 3. The lowest BCUT2D eigenvalue weighted by molar-refractivity contribution is -0.384. The fourth-order valence-electron chi connectivity index (χ4n) is 1.12. The normalized spacial score (nSPS) is 16.8. The molecule has 0 radical (unpaired) electrons. The number of benzene rings is 1. The SMILES string of the molecule is CC(N)(O)C(O)c1ccc([N+](=O)[O-])cc1. The summed E-state index contributed by atoms with van der Waals surface area (Å²) < 4.78 is 0. The fraction of sp³-hybridized carbons (Fsp3) is 0.333. The number of aliphatic hydroxyl groups is 2. The number of non-ortho nitro benzene ring substituents is 1. The van der Waals surface area contributed by atoms with Gasteiger partial charge in [-0.2, -0.15) is 0 Å². The van der Waals surface area contributed by atoms with Gasteiger partial charge in [-0.05, 0) is 24.6 Å².